The first-order chi connectivity index (χ1) is 9.50. The number of nitro groups is 1. The molecule has 0 saturated heterocycles. The van der Waals surface area contributed by atoms with Crippen LogP contribution in [0.1, 0.15) is 5.56 Å². The Hall–Kier alpha value is -0.910. The molecule has 1 aromatic carbocycles. The van der Waals surface area contributed by atoms with Gasteiger partial charge in [0.2, 0.25) is 0 Å². The van der Waals surface area contributed by atoms with Crippen molar-refractivity contribution in [2.75, 3.05) is 14.1 Å². The molecule has 1 rings (SSSR count). The van der Waals surface area contributed by atoms with Crippen LogP contribution in [0.15, 0.2) is 30.3 Å². The Labute approximate surface area is 136 Å². The van der Waals surface area contributed by atoms with E-state index in [0.717, 1.165) is 0 Å². The van der Waals surface area contributed by atoms with Crippen LogP contribution < -0.4 is 4.89 Å². The maximum Gasteiger partial charge on any atom is 0.270 e. The van der Waals surface area contributed by atoms with E-state index in [-0.39, 0.29) is 5.69 Å². The first-order valence-electron chi connectivity index (χ1n) is 5.33. The Bertz CT molecular complexity index is 601. The van der Waals surface area contributed by atoms with E-state index in [1.165, 1.54) is 12.1 Å². The highest BCUT2D eigenvalue weighted by Crippen LogP contribution is 2.46. The molecule has 0 spiro atoms. The summed E-state index contributed by atoms with van der Waals surface area (Å²) in [5.41, 5.74) is 0.669. The quantitative estimate of drug-likeness (QED) is 0.267. The highest BCUT2D eigenvalue weighted by atomic mass is 35.9. The molecule has 0 radical (unpaired) electrons. The predicted molar refractivity (Wildman–Crippen MR) is 84.4 cm³/mol. The molecule has 0 fully saturated rings. The number of nitrogens with zero attached hydrogens (tertiary/aromatic N) is 2. The molecule has 0 atom stereocenters. The third kappa shape index (κ3) is 11.4. The Balaban J connectivity index is 0.000000690. The lowest BCUT2D eigenvalue weighted by molar-refractivity contribution is -0.458. The van der Waals surface area contributed by atoms with E-state index in [1.807, 2.05) is 18.7 Å². The van der Waals surface area contributed by atoms with E-state index in [1.54, 1.807) is 24.4 Å². The van der Waals surface area contributed by atoms with E-state index < -0.39 is 11.0 Å². The largest absolute Gasteiger partial charge is 0.776 e. The molecule has 0 bridgehead atoms. The summed E-state index contributed by atoms with van der Waals surface area (Å²) in [4.78, 5) is 19.3. The van der Waals surface area contributed by atoms with Crippen LogP contribution in [0, 0.1) is 10.1 Å². The maximum atomic E-state index is 10.6. The van der Waals surface area contributed by atoms with Gasteiger partial charge in [-0.05, 0) is 0 Å². The summed E-state index contributed by atoms with van der Waals surface area (Å²) in [6.07, 6.45) is -0.470. The molecule has 10 heteroatoms. The van der Waals surface area contributed by atoms with Crippen LogP contribution in [-0.4, -0.2) is 29.8 Å². The van der Waals surface area contributed by atoms with Gasteiger partial charge in [-0.1, -0.05) is 46.2 Å². The standard InChI is InChI=1S/C11H12ClN2O2.Cl2HO2P/c1-13(2)7-6-11(12)9-4-3-5-10(8-9)14(15)16;1-5(2,3)4/h3-8H,1-2H3;(H,3,4)/q+1;/p-1/b11-6+;. The average molecular weight is 374 g/mol. The van der Waals surface area contributed by atoms with Crippen LogP contribution in [0.4, 0.5) is 5.69 Å². The van der Waals surface area contributed by atoms with Crippen molar-refractivity contribution in [3.63, 3.8) is 0 Å². The zero-order valence-electron chi connectivity index (χ0n) is 11.1. The minimum atomic E-state index is -3.94. The molecule has 0 amide bonds. The van der Waals surface area contributed by atoms with Gasteiger partial charge in [0, 0.05) is 23.8 Å². The minimum absolute atomic E-state index is 0.0360. The molecule has 0 aliphatic carbocycles. The monoisotopic (exact) mass is 372 g/mol. The third-order valence-corrected chi connectivity index (χ3v) is 2.20. The lowest BCUT2D eigenvalue weighted by Gasteiger charge is -1.98. The summed E-state index contributed by atoms with van der Waals surface area (Å²) >= 11 is 14.6. The zero-order valence-corrected chi connectivity index (χ0v) is 14.2. The van der Waals surface area contributed by atoms with Crippen LogP contribution in [0.25, 0.3) is 5.03 Å². The van der Waals surface area contributed by atoms with Crippen molar-refractivity contribution in [3.8, 4) is 0 Å². The van der Waals surface area contributed by atoms with E-state index in [2.05, 4.69) is 22.5 Å². The van der Waals surface area contributed by atoms with Gasteiger partial charge < -0.3 is 9.46 Å². The van der Waals surface area contributed by atoms with Crippen molar-refractivity contribution >= 4 is 57.1 Å². The number of benzene rings is 1. The first kappa shape index (κ1) is 20.1. The van der Waals surface area contributed by atoms with Gasteiger partial charge in [0.05, 0.1) is 9.96 Å². The predicted octanol–water partition coefficient (Wildman–Crippen LogP) is 3.45. The number of allylic oxidation sites excluding steroid dienone is 1. The number of halogens is 3. The smallest absolute Gasteiger partial charge is 0.270 e. The minimum Gasteiger partial charge on any atom is -0.776 e. The third-order valence-electron chi connectivity index (χ3n) is 1.85. The van der Waals surface area contributed by atoms with Crippen LogP contribution in [-0.2, 0) is 4.57 Å². The SMILES string of the molecule is C[N+](C)=C/C=C(/Cl)c1cccc([N+](=O)[O-])c1.O=P([O-])(Cl)Cl. The van der Waals surface area contributed by atoms with Gasteiger partial charge in [0.1, 0.15) is 14.1 Å². The van der Waals surface area contributed by atoms with Crippen molar-refractivity contribution in [2.24, 2.45) is 0 Å². The lowest BCUT2D eigenvalue weighted by Crippen LogP contribution is -1.96. The molecule has 21 heavy (non-hydrogen) atoms. The number of hydrogen-bond donors (Lipinski definition) is 0. The van der Waals surface area contributed by atoms with Crippen LogP contribution in [0.2, 0.25) is 0 Å². The molecular weight excluding hydrogens is 361 g/mol. The van der Waals surface area contributed by atoms with E-state index >= 15 is 0 Å². The summed E-state index contributed by atoms with van der Waals surface area (Å²) in [5, 5.41) is 11.0. The van der Waals surface area contributed by atoms with E-state index in [0.29, 0.717) is 10.6 Å². The maximum absolute atomic E-state index is 10.6. The Kier molecular flexibility index (Phi) is 8.78. The van der Waals surface area contributed by atoms with Crippen molar-refractivity contribution < 1.29 is 19.0 Å². The summed E-state index contributed by atoms with van der Waals surface area (Å²) in [7, 11) is 3.74. The number of hydrogen-bond acceptors (Lipinski definition) is 4. The summed E-state index contributed by atoms with van der Waals surface area (Å²) in [6, 6.07) is 6.22. The fourth-order valence-corrected chi connectivity index (χ4v) is 1.25. The zero-order chi connectivity index (χ0) is 16.6. The van der Waals surface area contributed by atoms with Gasteiger partial charge >= 0.3 is 0 Å². The summed E-state index contributed by atoms with van der Waals surface area (Å²) in [5.74, 6) is 0. The molecule has 0 saturated carbocycles. The van der Waals surface area contributed by atoms with Gasteiger partial charge in [-0.25, -0.2) is 4.58 Å². The van der Waals surface area contributed by atoms with Gasteiger partial charge in [-0.15, -0.1) is 0 Å². The van der Waals surface area contributed by atoms with Crippen LogP contribution in [0.5, 0.6) is 0 Å². The first-order valence-corrected chi connectivity index (χ1v) is 9.14. The molecule has 0 aliphatic rings. The molecule has 0 aliphatic heterocycles. The second-order valence-electron chi connectivity index (χ2n) is 3.85. The number of non-ortho nitro benzene ring substituents is 1. The van der Waals surface area contributed by atoms with Crippen molar-refractivity contribution in [2.45, 2.75) is 0 Å². The highest BCUT2D eigenvalue weighted by Gasteiger charge is 2.07. The summed E-state index contributed by atoms with van der Waals surface area (Å²) < 4.78 is 11.0. The second kappa shape index (κ2) is 9.18. The van der Waals surface area contributed by atoms with E-state index in [9.17, 15) is 19.6 Å². The van der Waals surface area contributed by atoms with Crippen molar-refractivity contribution in [3.05, 3.63) is 46.0 Å². The Morgan fingerprint density at radius 2 is 1.86 bits per heavy atom. The molecule has 6 nitrogen and oxygen atoms in total. The fraction of sp³-hybridized carbons (Fsp3) is 0.182. The molecular formula is C11H12Cl3N2O4P. The highest BCUT2D eigenvalue weighted by molar-refractivity contribution is 8.03. The van der Waals surface area contributed by atoms with Gasteiger partial charge in [-0.3, -0.25) is 10.1 Å². The van der Waals surface area contributed by atoms with Gasteiger partial charge in [0.15, 0.2) is 12.3 Å². The molecule has 0 unspecified atom stereocenters. The molecule has 0 heterocycles. The summed E-state index contributed by atoms with van der Waals surface area (Å²) in [6.45, 7) is 0. The number of rotatable bonds is 3. The van der Waals surface area contributed by atoms with Gasteiger partial charge in [-0.2, -0.15) is 0 Å². The average Bonchev–Trinajstić information content (AvgIpc) is 2.34. The lowest BCUT2D eigenvalue weighted by atomic mass is 10.2. The fourth-order valence-electron chi connectivity index (χ4n) is 1.08. The van der Waals surface area contributed by atoms with Crippen molar-refractivity contribution in [1.82, 2.24) is 0 Å². The normalized spacial score (nSPS) is 11.2. The van der Waals surface area contributed by atoms with Crippen molar-refractivity contribution in [1.29, 1.82) is 0 Å². The molecule has 1 aromatic rings. The van der Waals surface area contributed by atoms with Crippen LogP contribution in [0.3, 0.4) is 0 Å². The Morgan fingerprint density at radius 1 is 1.33 bits per heavy atom. The molecule has 0 aromatic heterocycles. The van der Waals surface area contributed by atoms with Gasteiger partial charge in [0.25, 0.3) is 5.69 Å². The second-order valence-corrected chi connectivity index (χ2v) is 8.27. The number of nitro benzene ring substituents is 1. The molecule has 116 valence electrons. The topological polar surface area (TPSA) is 86.3 Å². The Morgan fingerprint density at radius 3 is 2.29 bits per heavy atom. The van der Waals surface area contributed by atoms with Crippen LogP contribution >= 0.6 is 40.2 Å². The molecule has 0 N–H and O–H groups in total. The van der Waals surface area contributed by atoms with E-state index in [4.69, 9.17) is 11.6 Å².